The molecule has 21 heavy (non-hydrogen) atoms. The summed E-state index contributed by atoms with van der Waals surface area (Å²) >= 11 is 12.2. The van der Waals surface area contributed by atoms with Crippen molar-refractivity contribution in [3.63, 3.8) is 0 Å². The van der Waals surface area contributed by atoms with E-state index in [-0.39, 0.29) is 6.61 Å². The Morgan fingerprint density at radius 2 is 1.95 bits per heavy atom. The van der Waals surface area contributed by atoms with E-state index < -0.39 is 0 Å². The molecule has 120 valence electrons. The highest BCUT2D eigenvalue weighted by atomic mass is 35.5. The number of rotatable bonds is 10. The van der Waals surface area contributed by atoms with Crippen molar-refractivity contribution in [3.05, 3.63) is 27.7 Å². The van der Waals surface area contributed by atoms with E-state index in [1.54, 1.807) is 6.07 Å². The van der Waals surface area contributed by atoms with Crippen LogP contribution in [-0.2, 0) is 11.3 Å². The maximum Gasteiger partial charge on any atom is 0.142 e. The zero-order valence-corrected chi connectivity index (χ0v) is 14.0. The molecule has 0 aliphatic heterocycles. The molecule has 1 aromatic carbocycles. The van der Waals surface area contributed by atoms with Gasteiger partial charge >= 0.3 is 0 Å². The molecule has 0 aliphatic carbocycles. The van der Waals surface area contributed by atoms with Crippen LogP contribution in [0.2, 0.25) is 10.0 Å². The number of aliphatic hydroxyl groups is 1. The zero-order chi connectivity index (χ0) is 15.7. The lowest BCUT2D eigenvalue weighted by molar-refractivity contribution is 0.0703. The summed E-state index contributed by atoms with van der Waals surface area (Å²) in [5, 5.41) is 13.1. The molecular formula is C15H23Cl2NO3. The lowest BCUT2D eigenvalue weighted by Crippen LogP contribution is -2.20. The summed E-state index contributed by atoms with van der Waals surface area (Å²) in [5.74, 6) is 1.20. The van der Waals surface area contributed by atoms with Gasteiger partial charge in [0, 0.05) is 17.1 Å². The molecule has 0 amide bonds. The molecule has 6 heteroatoms. The Hall–Kier alpha value is -0.520. The molecule has 0 heterocycles. The Balaban J connectivity index is 2.62. The quantitative estimate of drug-likeness (QED) is 0.645. The third-order valence-corrected chi connectivity index (χ3v) is 3.16. The minimum Gasteiger partial charge on any atom is -0.489 e. The first kappa shape index (κ1) is 18.5. The molecule has 4 nitrogen and oxygen atoms in total. The lowest BCUT2D eigenvalue weighted by Gasteiger charge is -2.15. The number of nitrogens with one attached hydrogen (secondary N) is 1. The minimum absolute atomic E-state index is 0.00603. The van der Waals surface area contributed by atoms with Gasteiger partial charge in [-0.05, 0) is 24.6 Å². The van der Waals surface area contributed by atoms with Crippen molar-refractivity contribution in [2.45, 2.75) is 20.4 Å². The summed E-state index contributed by atoms with van der Waals surface area (Å²) in [4.78, 5) is 0. The molecule has 0 aliphatic rings. The number of halogens is 2. The number of benzene rings is 1. The van der Waals surface area contributed by atoms with Crippen molar-refractivity contribution in [1.82, 2.24) is 5.32 Å². The topological polar surface area (TPSA) is 50.7 Å². The number of hydrogen-bond acceptors (Lipinski definition) is 4. The van der Waals surface area contributed by atoms with Crippen LogP contribution in [0, 0.1) is 5.92 Å². The predicted octanol–water partition coefficient (Wildman–Crippen LogP) is 3.13. The summed E-state index contributed by atoms with van der Waals surface area (Å²) in [5.41, 5.74) is 0.926. The molecule has 0 saturated carbocycles. The van der Waals surface area contributed by atoms with Crippen LogP contribution in [-0.4, -0.2) is 38.1 Å². The fourth-order valence-corrected chi connectivity index (χ4v) is 2.36. The van der Waals surface area contributed by atoms with Crippen LogP contribution in [0.1, 0.15) is 19.4 Å². The van der Waals surface area contributed by atoms with E-state index in [9.17, 15) is 0 Å². The Morgan fingerprint density at radius 1 is 1.19 bits per heavy atom. The summed E-state index contributed by atoms with van der Waals surface area (Å²) in [7, 11) is 0. The highest BCUT2D eigenvalue weighted by Crippen LogP contribution is 2.32. The van der Waals surface area contributed by atoms with E-state index in [0.717, 1.165) is 12.1 Å². The maximum absolute atomic E-state index is 8.63. The van der Waals surface area contributed by atoms with Crippen molar-refractivity contribution in [1.29, 1.82) is 0 Å². The Labute approximate surface area is 136 Å². The molecule has 2 N–H and O–H groups in total. The van der Waals surface area contributed by atoms with Gasteiger partial charge in [0.1, 0.15) is 12.4 Å². The fraction of sp³-hybridized carbons (Fsp3) is 0.600. The van der Waals surface area contributed by atoms with Crippen molar-refractivity contribution in [2.75, 3.05) is 33.0 Å². The number of ether oxygens (including phenoxy) is 2. The molecule has 0 spiro atoms. The normalized spacial score (nSPS) is 11.1. The van der Waals surface area contributed by atoms with Gasteiger partial charge in [-0.15, -0.1) is 0 Å². The summed E-state index contributed by atoms with van der Waals surface area (Å²) in [6.07, 6.45) is 0. The van der Waals surface area contributed by atoms with Gasteiger partial charge in [0.2, 0.25) is 0 Å². The van der Waals surface area contributed by atoms with Crippen molar-refractivity contribution in [2.24, 2.45) is 5.92 Å². The third kappa shape index (κ3) is 7.34. The maximum atomic E-state index is 8.63. The fourth-order valence-electron chi connectivity index (χ4n) is 1.77. The van der Waals surface area contributed by atoms with E-state index in [1.807, 2.05) is 6.07 Å². The molecular weight excluding hydrogens is 313 g/mol. The van der Waals surface area contributed by atoms with Crippen molar-refractivity contribution in [3.8, 4) is 5.75 Å². The van der Waals surface area contributed by atoms with Crippen LogP contribution in [0.25, 0.3) is 0 Å². The van der Waals surface area contributed by atoms with Crippen LogP contribution in [0.4, 0.5) is 0 Å². The molecule has 0 atom stereocenters. The van der Waals surface area contributed by atoms with Gasteiger partial charge < -0.3 is 19.9 Å². The molecule has 0 radical (unpaired) electrons. The average molecular weight is 336 g/mol. The van der Waals surface area contributed by atoms with Gasteiger partial charge in [-0.1, -0.05) is 37.0 Å². The molecule has 1 aromatic rings. The van der Waals surface area contributed by atoms with Crippen molar-refractivity contribution < 1.29 is 14.6 Å². The molecule has 0 fully saturated rings. The highest BCUT2D eigenvalue weighted by molar-refractivity contribution is 6.35. The van der Waals surface area contributed by atoms with E-state index in [1.165, 1.54) is 0 Å². The van der Waals surface area contributed by atoms with Crippen LogP contribution < -0.4 is 10.1 Å². The first-order chi connectivity index (χ1) is 10.0. The predicted molar refractivity (Wildman–Crippen MR) is 86.4 cm³/mol. The van der Waals surface area contributed by atoms with Gasteiger partial charge in [-0.3, -0.25) is 0 Å². The monoisotopic (exact) mass is 335 g/mol. The van der Waals surface area contributed by atoms with Gasteiger partial charge in [0.05, 0.1) is 24.8 Å². The first-order valence-electron chi connectivity index (χ1n) is 7.04. The Bertz CT molecular complexity index is 428. The molecule has 1 rings (SSSR count). The van der Waals surface area contributed by atoms with Crippen LogP contribution in [0.15, 0.2) is 12.1 Å². The van der Waals surface area contributed by atoms with Gasteiger partial charge in [-0.2, -0.15) is 0 Å². The van der Waals surface area contributed by atoms with Crippen LogP contribution in [0.3, 0.4) is 0 Å². The second-order valence-electron chi connectivity index (χ2n) is 5.09. The molecule has 0 aromatic heterocycles. The second kappa shape index (κ2) is 10.2. The van der Waals surface area contributed by atoms with Gasteiger partial charge in [-0.25, -0.2) is 0 Å². The molecule has 0 bridgehead atoms. The van der Waals surface area contributed by atoms with E-state index >= 15 is 0 Å². The summed E-state index contributed by atoms with van der Waals surface area (Å²) < 4.78 is 10.9. The number of hydrogen-bond donors (Lipinski definition) is 2. The van der Waals surface area contributed by atoms with E-state index in [4.69, 9.17) is 37.8 Å². The standard InChI is InChI=1S/C15H23Cl2NO3/c1-11(2)9-18-10-12-7-13(16)8-14(17)15(12)21-6-5-20-4-3-19/h7-8,11,18-19H,3-6,9-10H2,1-2H3. The van der Waals surface area contributed by atoms with Crippen molar-refractivity contribution >= 4 is 23.2 Å². The molecule has 0 unspecified atom stereocenters. The SMILES string of the molecule is CC(C)CNCc1cc(Cl)cc(Cl)c1OCCOCCO. The van der Waals surface area contributed by atoms with Gasteiger partial charge in [0.25, 0.3) is 0 Å². The largest absolute Gasteiger partial charge is 0.489 e. The lowest BCUT2D eigenvalue weighted by atomic mass is 10.1. The zero-order valence-electron chi connectivity index (χ0n) is 12.5. The first-order valence-corrected chi connectivity index (χ1v) is 7.80. The Morgan fingerprint density at radius 3 is 2.62 bits per heavy atom. The highest BCUT2D eigenvalue weighted by Gasteiger charge is 2.11. The number of aliphatic hydroxyl groups excluding tert-OH is 1. The smallest absolute Gasteiger partial charge is 0.142 e. The Kier molecular flexibility index (Phi) is 9.04. The van der Waals surface area contributed by atoms with Gasteiger partial charge in [0.15, 0.2) is 0 Å². The molecule has 0 saturated heterocycles. The average Bonchev–Trinajstić information content (AvgIpc) is 2.40. The van der Waals surface area contributed by atoms with E-state index in [2.05, 4.69) is 19.2 Å². The second-order valence-corrected chi connectivity index (χ2v) is 5.93. The van der Waals surface area contributed by atoms with Crippen LogP contribution >= 0.6 is 23.2 Å². The van der Waals surface area contributed by atoms with E-state index in [0.29, 0.717) is 48.1 Å². The minimum atomic E-state index is 0.00603. The summed E-state index contributed by atoms with van der Waals surface area (Å²) in [6, 6.07) is 3.52. The summed E-state index contributed by atoms with van der Waals surface area (Å²) in [6.45, 7) is 6.93. The third-order valence-electron chi connectivity index (χ3n) is 2.66. The van der Waals surface area contributed by atoms with Crippen LogP contribution in [0.5, 0.6) is 5.75 Å².